The molecule has 1 nitrogen and oxygen atoms in total. The van der Waals surface area contributed by atoms with Crippen molar-refractivity contribution in [2.45, 2.75) is 0 Å². The Balaban J connectivity index is 1.95. The molecule has 12 heavy (non-hydrogen) atoms. The van der Waals surface area contributed by atoms with E-state index in [0.717, 1.165) is 18.1 Å². The number of allylic oxidation sites excluding steroid dienone is 2. The molecule has 0 atom stereocenters. The number of hydrogen-bond donors (Lipinski definition) is 0. The summed E-state index contributed by atoms with van der Waals surface area (Å²) in [5.41, 5.74) is 0. The van der Waals surface area contributed by atoms with Gasteiger partial charge in [-0.3, -0.25) is 0 Å². The Bertz CT molecular complexity index is 260. The summed E-state index contributed by atoms with van der Waals surface area (Å²) in [5.74, 6) is 1.01. The number of hydrogen-bond acceptors (Lipinski definition) is 1. The first-order valence-corrected chi connectivity index (χ1v) is 5.71. The van der Waals surface area contributed by atoms with E-state index in [-0.39, 0.29) is 8.15 Å². The lowest BCUT2D eigenvalue weighted by molar-refractivity contribution is 0.619. The summed E-state index contributed by atoms with van der Waals surface area (Å²) in [5, 5.41) is 0. The van der Waals surface area contributed by atoms with Gasteiger partial charge in [-0.25, -0.2) is 0 Å². The minimum Gasteiger partial charge on any atom is -0.473 e. The Hall–Kier alpha value is -0.810. The van der Waals surface area contributed by atoms with Crippen molar-refractivity contribution in [3.8, 4) is 5.75 Å². The van der Waals surface area contributed by atoms with Crippen LogP contribution in [0.4, 0.5) is 0 Å². The molecule has 2 rings (SSSR count). The van der Waals surface area contributed by atoms with E-state index in [1.165, 1.54) is 0 Å². The van der Waals surface area contributed by atoms with Crippen molar-refractivity contribution < 1.29 is 4.52 Å². The van der Waals surface area contributed by atoms with Crippen molar-refractivity contribution in [3.05, 3.63) is 42.5 Å². The van der Waals surface area contributed by atoms with Crippen LogP contribution in [0.1, 0.15) is 0 Å². The normalized spacial score (nSPS) is 16.7. The second-order valence-corrected chi connectivity index (χ2v) is 4.60. The molecule has 0 bridgehead atoms. The highest BCUT2D eigenvalue weighted by Crippen LogP contribution is 2.41. The van der Waals surface area contributed by atoms with Crippen molar-refractivity contribution in [2.75, 3.05) is 12.3 Å². The van der Waals surface area contributed by atoms with E-state index >= 15 is 0 Å². The first-order chi connectivity index (χ1) is 5.95. The molecule has 2 heteroatoms. The van der Waals surface area contributed by atoms with Crippen molar-refractivity contribution in [1.82, 2.24) is 0 Å². The van der Waals surface area contributed by atoms with Gasteiger partial charge in [0.25, 0.3) is 0 Å². The zero-order valence-corrected chi connectivity index (χ0v) is 7.71. The van der Waals surface area contributed by atoms with Crippen molar-refractivity contribution >= 4 is 8.15 Å². The Labute approximate surface area is 73.9 Å². The monoisotopic (exact) mass is 178 g/mol. The molecule has 1 aliphatic rings. The predicted octanol–water partition coefficient (Wildman–Crippen LogP) is 3.03. The van der Waals surface area contributed by atoms with Crippen LogP contribution in [0.5, 0.6) is 5.75 Å². The molecule has 0 aromatic heterocycles. The van der Waals surface area contributed by atoms with E-state index in [0.29, 0.717) is 0 Å². The summed E-state index contributed by atoms with van der Waals surface area (Å²) in [4.78, 5) is 0. The lowest BCUT2D eigenvalue weighted by Crippen LogP contribution is -1.88. The quantitative estimate of drug-likeness (QED) is 0.499. The summed E-state index contributed by atoms with van der Waals surface area (Å²) in [7, 11) is -0.233. The van der Waals surface area contributed by atoms with Gasteiger partial charge in [0.05, 0.1) is 8.15 Å². The van der Waals surface area contributed by atoms with Crippen LogP contribution in [0.25, 0.3) is 0 Å². The lowest BCUT2D eigenvalue weighted by atomic mass is 10.3. The highest BCUT2D eigenvalue weighted by atomic mass is 31.1. The number of benzene rings is 1. The van der Waals surface area contributed by atoms with Crippen molar-refractivity contribution in [3.63, 3.8) is 0 Å². The Morgan fingerprint density at radius 1 is 1.00 bits per heavy atom. The Kier molecular flexibility index (Phi) is 2.43. The Morgan fingerprint density at radius 2 is 1.67 bits per heavy atom. The maximum atomic E-state index is 5.78. The van der Waals surface area contributed by atoms with Gasteiger partial charge in [0, 0.05) is 12.3 Å². The van der Waals surface area contributed by atoms with Gasteiger partial charge in [0.2, 0.25) is 0 Å². The smallest absolute Gasteiger partial charge is 0.123 e. The second-order valence-electron chi connectivity index (χ2n) is 2.72. The van der Waals surface area contributed by atoms with Crippen LogP contribution in [0.15, 0.2) is 42.5 Å². The summed E-state index contributed by atoms with van der Waals surface area (Å²) < 4.78 is 5.78. The summed E-state index contributed by atoms with van der Waals surface area (Å²) >= 11 is 0. The maximum Gasteiger partial charge on any atom is 0.123 e. The van der Waals surface area contributed by atoms with Crippen LogP contribution in [-0.4, -0.2) is 12.3 Å². The van der Waals surface area contributed by atoms with Crippen molar-refractivity contribution in [1.29, 1.82) is 0 Å². The molecule has 0 spiro atoms. The molecule has 1 aromatic rings. The fraction of sp³-hybridized carbons (Fsp3) is 0.200. The minimum atomic E-state index is -0.233. The maximum absolute atomic E-state index is 5.78. The molecule has 0 amide bonds. The summed E-state index contributed by atoms with van der Waals surface area (Å²) in [6, 6.07) is 10.1. The van der Waals surface area contributed by atoms with E-state index in [2.05, 4.69) is 12.2 Å². The standard InChI is InChI=1S/C10H11OP/c1-2-6-10(7-3-1)11-12-8-4-5-9-12/h1-7H,8-9H2. The van der Waals surface area contributed by atoms with E-state index in [1.807, 2.05) is 30.3 Å². The van der Waals surface area contributed by atoms with Crippen LogP contribution in [0.2, 0.25) is 0 Å². The molecule has 0 fully saturated rings. The average Bonchev–Trinajstić information content (AvgIpc) is 2.59. The topological polar surface area (TPSA) is 9.23 Å². The zero-order valence-electron chi connectivity index (χ0n) is 6.81. The molecule has 0 N–H and O–H groups in total. The van der Waals surface area contributed by atoms with Crippen LogP contribution in [-0.2, 0) is 0 Å². The Morgan fingerprint density at radius 3 is 2.33 bits per heavy atom. The molecule has 1 aromatic carbocycles. The zero-order chi connectivity index (χ0) is 8.23. The molecule has 0 radical (unpaired) electrons. The summed E-state index contributed by atoms with van der Waals surface area (Å²) in [6.07, 6.45) is 6.64. The van der Waals surface area contributed by atoms with Gasteiger partial charge in [0.1, 0.15) is 5.75 Å². The van der Waals surface area contributed by atoms with Gasteiger partial charge in [-0.2, -0.15) is 0 Å². The fourth-order valence-electron chi connectivity index (χ4n) is 1.16. The molecule has 0 aliphatic carbocycles. The highest BCUT2D eigenvalue weighted by molar-refractivity contribution is 7.53. The molecule has 0 saturated carbocycles. The van der Waals surface area contributed by atoms with Gasteiger partial charge in [0.15, 0.2) is 0 Å². The molecular formula is C10H11OP. The number of para-hydroxylation sites is 1. The first-order valence-electron chi connectivity index (χ1n) is 4.08. The van der Waals surface area contributed by atoms with Gasteiger partial charge in [-0.15, -0.1) is 0 Å². The molecule has 0 unspecified atom stereocenters. The lowest BCUT2D eigenvalue weighted by Gasteiger charge is -2.11. The van der Waals surface area contributed by atoms with Crippen LogP contribution >= 0.6 is 8.15 Å². The fourth-order valence-corrected chi connectivity index (χ4v) is 2.65. The number of rotatable bonds is 2. The second kappa shape index (κ2) is 3.73. The van der Waals surface area contributed by atoms with Gasteiger partial charge < -0.3 is 4.52 Å². The van der Waals surface area contributed by atoms with E-state index in [1.54, 1.807) is 0 Å². The third-order valence-corrected chi connectivity index (χ3v) is 3.47. The first kappa shape index (κ1) is 7.82. The van der Waals surface area contributed by atoms with Gasteiger partial charge in [-0.05, 0) is 12.1 Å². The predicted molar refractivity (Wildman–Crippen MR) is 52.9 cm³/mol. The molecular weight excluding hydrogens is 167 g/mol. The van der Waals surface area contributed by atoms with Crippen LogP contribution in [0, 0.1) is 0 Å². The van der Waals surface area contributed by atoms with Crippen LogP contribution in [0.3, 0.4) is 0 Å². The largest absolute Gasteiger partial charge is 0.473 e. The molecule has 1 aliphatic heterocycles. The van der Waals surface area contributed by atoms with E-state index < -0.39 is 0 Å². The van der Waals surface area contributed by atoms with Crippen LogP contribution < -0.4 is 4.52 Å². The average molecular weight is 178 g/mol. The minimum absolute atomic E-state index is 0.233. The van der Waals surface area contributed by atoms with E-state index in [4.69, 9.17) is 4.52 Å². The highest BCUT2D eigenvalue weighted by Gasteiger charge is 2.11. The summed E-state index contributed by atoms with van der Waals surface area (Å²) in [6.45, 7) is 0. The molecule has 0 saturated heterocycles. The van der Waals surface area contributed by atoms with E-state index in [9.17, 15) is 0 Å². The van der Waals surface area contributed by atoms with Gasteiger partial charge >= 0.3 is 0 Å². The molecule has 62 valence electrons. The molecule has 1 heterocycles. The van der Waals surface area contributed by atoms with Gasteiger partial charge in [-0.1, -0.05) is 30.4 Å². The third-order valence-electron chi connectivity index (χ3n) is 1.76. The van der Waals surface area contributed by atoms with Crippen molar-refractivity contribution in [2.24, 2.45) is 0 Å². The third kappa shape index (κ3) is 1.86. The SMILES string of the molecule is C1=CCP(Oc2ccccc2)C1.